The molecule has 0 saturated carbocycles. The molecule has 1 aromatic heterocycles. The van der Waals surface area contributed by atoms with Gasteiger partial charge in [0.1, 0.15) is 11.9 Å². The van der Waals surface area contributed by atoms with Gasteiger partial charge in [0.05, 0.1) is 17.6 Å². The molecule has 4 heteroatoms. The Morgan fingerprint density at radius 2 is 2.00 bits per heavy atom. The van der Waals surface area contributed by atoms with Crippen LogP contribution in [0.15, 0.2) is 24.3 Å². The minimum atomic E-state index is -0.694. The van der Waals surface area contributed by atoms with Crippen molar-refractivity contribution >= 4 is 16.8 Å². The van der Waals surface area contributed by atoms with Crippen molar-refractivity contribution in [1.29, 1.82) is 0 Å². The van der Waals surface area contributed by atoms with E-state index in [2.05, 4.69) is 4.98 Å². The highest BCUT2D eigenvalue weighted by molar-refractivity contribution is 5.85. The summed E-state index contributed by atoms with van der Waals surface area (Å²) in [6.07, 6.45) is -0.694. The van der Waals surface area contributed by atoms with Crippen molar-refractivity contribution in [3.05, 3.63) is 30.1 Å². The third-order valence-corrected chi connectivity index (χ3v) is 3.20. The first-order chi connectivity index (χ1) is 8.80. The van der Waals surface area contributed by atoms with Crippen LogP contribution in [0.1, 0.15) is 39.6 Å². The number of Topliss-reactive ketones (excluding diaryl/α,β-unsaturated/α-hetero) is 1. The van der Waals surface area contributed by atoms with Crippen molar-refractivity contribution in [2.24, 2.45) is 5.41 Å². The van der Waals surface area contributed by atoms with Gasteiger partial charge in [-0.05, 0) is 19.1 Å². The van der Waals surface area contributed by atoms with E-state index in [0.717, 1.165) is 11.0 Å². The molecular weight excluding hydrogens is 240 g/mol. The summed E-state index contributed by atoms with van der Waals surface area (Å²) in [5.41, 5.74) is 1.29. The van der Waals surface area contributed by atoms with Gasteiger partial charge in [0, 0.05) is 5.41 Å². The quantitative estimate of drug-likeness (QED) is 0.923. The summed E-state index contributed by atoms with van der Waals surface area (Å²) in [6, 6.07) is 7.62. The molecule has 0 amide bonds. The van der Waals surface area contributed by atoms with Crippen LogP contribution >= 0.6 is 0 Å². The predicted molar refractivity (Wildman–Crippen MR) is 74.8 cm³/mol. The SMILES string of the molecule is C[C@H](O)c1nc2ccccc2n1CC(=O)C(C)(C)C. The second-order valence-corrected chi connectivity index (χ2v) is 5.89. The highest BCUT2D eigenvalue weighted by Crippen LogP contribution is 2.23. The molecule has 2 aromatic rings. The maximum Gasteiger partial charge on any atom is 0.157 e. The molecule has 0 saturated heterocycles. The van der Waals surface area contributed by atoms with Crippen LogP contribution in [0.25, 0.3) is 11.0 Å². The van der Waals surface area contributed by atoms with Crippen molar-refractivity contribution in [3.63, 3.8) is 0 Å². The van der Waals surface area contributed by atoms with Crippen LogP contribution in [0.5, 0.6) is 0 Å². The number of aliphatic hydroxyl groups excluding tert-OH is 1. The molecule has 1 aromatic carbocycles. The number of aromatic nitrogens is 2. The van der Waals surface area contributed by atoms with Crippen molar-refractivity contribution in [1.82, 2.24) is 9.55 Å². The monoisotopic (exact) mass is 260 g/mol. The van der Waals surface area contributed by atoms with E-state index < -0.39 is 11.5 Å². The van der Waals surface area contributed by atoms with Gasteiger partial charge >= 0.3 is 0 Å². The fraction of sp³-hybridized carbons (Fsp3) is 0.467. The Labute approximate surface area is 113 Å². The smallest absolute Gasteiger partial charge is 0.157 e. The van der Waals surface area contributed by atoms with Gasteiger partial charge in [0.15, 0.2) is 5.78 Å². The molecule has 0 unspecified atom stereocenters. The van der Waals surface area contributed by atoms with Crippen molar-refractivity contribution in [2.75, 3.05) is 0 Å². The fourth-order valence-electron chi connectivity index (χ4n) is 1.96. The fourth-order valence-corrected chi connectivity index (χ4v) is 1.96. The maximum atomic E-state index is 12.2. The molecular formula is C15H20N2O2. The molecule has 19 heavy (non-hydrogen) atoms. The van der Waals surface area contributed by atoms with Gasteiger partial charge < -0.3 is 9.67 Å². The largest absolute Gasteiger partial charge is 0.385 e. The first-order valence-electron chi connectivity index (χ1n) is 6.47. The van der Waals surface area contributed by atoms with E-state index in [1.807, 2.05) is 49.6 Å². The van der Waals surface area contributed by atoms with Crippen LogP contribution in [-0.2, 0) is 11.3 Å². The summed E-state index contributed by atoms with van der Waals surface area (Å²) in [4.78, 5) is 16.6. The van der Waals surface area contributed by atoms with Crippen LogP contribution in [0.4, 0.5) is 0 Å². The van der Waals surface area contributed by atoms with Crippen LogP contribution < -0.4 is 0 Å². The Morgan fingerprint density at radius 3 is 2.58 bits per heavy atom. The minimum Gasteiger partial charge on any atom is -0.385 e. The third-order valence-electron chi connectivity index (χ3n) is 3.20. The molecule has 4 nitrogen and oxygen atoms in total. The van der Waals surface area contributed by atoms with Gasteiger partial charge in [0.25, 0.3) is 0 Å². The lowest BCUT2D eigenvalue weighted by atomic mass is 9.91. The number of carbonyl (C=O) groups is 1. The number of imidazole rings is 1. The first-order valence-corrected chi connectivity index (χ1v) is 6.47. The first kappa shape index (κ1) is 13.7. The lowest BCUT2D eigenvalue weighted by Crippen LogP contribution is -2.26. The van der Waals surface area contributed by atoms with Gasteiger partial charge in [-0.1, -0.05) is 32.9 Å². The van der Waals surface area contributed by atoms with Crippen LogP contribution in [-0.4, -0.2) is 20.4 Å². The number of nitrogens with zero attached hydrogens (tertiary/aromatic N) is 2. The summed E-state index contributed by atoms with van der Waals surface area (Å²) < 4.78 is 1.81. The molecule has 2 rings (SSSR count). The van der Waals surface area contributed by atoms with Gasteiger partial charge in [-0.25, -0.2) is 4.98 Å². The molecule has 0 aliphatic carbocycles. The molecule has 0 spiro atoms. The number of rotatable bonds is 3. The second kappa shape index (κ2) is 4.78. The molecule has 102 valence electrons. The number of benzene rings is 1. The highest BCUT2D eigenvalue weighted by Gasteiger charge is 2.24. The summed E-state index contributed by atoms with van der Waals surface area (Å²) in [5.74, 6) is 0.663. The van der Waals surface area contributed by atoms with Crippen molar-refractivity contribution < 1.29 is 9.90 Å². The molecule has 0 aliphatic heterocycles. The van der Waals surface area contributed by atoms with Crippen LogP contribution in [0.3, 0.4) is 0 Å². The highest BCUT2D eigenvalue weighted by atomic mass is 16.3. The predicted octanol–water partition coefficient (Wildman–Crippen LogP) is 2.70. The number of hydrogen-bond acceptors (Lipinski definition) is 3. The van der Waals surface area contributed by atoms with E-state index in [1.165, 1.54) is 0 Å². The van der Waals surface area contributed by atoms with E-state index in [-0.39, 0.29) is 12.3 Å². The molecule has 1 heterocycles. The Hall–Kier alpha value is -1.68. The van der Waals surface area contributed by atoms with Crippen LogP contribution in [0.2, 0.25) is 0 Å². The topological polar surface area (TPSA) is 55.1 Å². The van der Waals surface area contributed by atoms with Crippen molar-refractivity contribution in [2.45, 2.75) is 40.3 Å². The van der Waals surface area contributed by atoms with E-state index in [0.29, 0.717) is 5.82 Å². The second-order valence-electron chi connectivity index (χ2n) is 5.89. The maximum absolute atomic E-state index is 12.2. The zero-order valence-corrected chi connectivity index (χ0v) is 11.8. The minimum absolute atomic E-state index is 0.123. The van der Waals surface area contributed by atoms with Crippen molar-refractivity contribution in [3.8, 4) is 0 Å². The number of hydrogen-bond donors (Lipinski definition) is 1. The zero-order valence-electron chi connectivity index (χ0n) is 11.8. The van der Waals surface area contributed by atoms with E-state index in [1.54, 1.807) is 6.92 Å². The summed E-state index contributed by atoms with van der Waals surface area (Å²) in [6.45, 7) is 7.60. The molecule has 0 aliphatic rings. The summed E-state index contributed by atoms with van der Waals surface area (Å²) in [5, 5.41) is 9.83. The Balaban J connectivity index is 2.51. The number of ketones is 1. The number of fused-ring (bicyclic) bond motifs is 1. The Kier molecular flexibility index (Phi) is 3.45. The lowest BCUT2D eigenvalue weighted by Gasteiger charge is -2.18. The van der Waals surface area contributed by atoms with Gasteiger partial charge in [-0.2, -0.15) is 0 Å². The number of carbonyl (C=O) groups excluding carboxylic acids is 1. The van der Waals surface area contributed by atoms with Crippen LogP contribution in [0, 0.1) is 5.41 Å². The number of para-hydroxylation sites is 2. The lowest BCUT2D eigenvalue weighted by molar-refractivity contribution is -0.126. The molecule has 1 N–H and O–H groups in total. The number of aliphatic hydroxyl groups is 1. The Morgan fingerprint density at radius 1 is 1.37 bits per heavy atom. The van der Waals surface area contributed by atoms with E-state index >= 15 is 0 Å². The normalized spacial score (nSPS) is 13.7. The summed E-state index contributed by atoms with van der Waals surface area (Å²) >= 11 is 0. The van der Waals surface area contributed by atoms with Gasteiger partial charge in [0.2, 0.25) is 0 Å². The third kappa shape index (κ3) is 2.68. The van der Waals surface area contributed by atoms with E-state index in [4.69, 9.17) is 0 Å². The molecule has 1 atom stereocenters. The molecule has 0 radical (unpaired) electrons. The zero-order chi connectivity index (χ0) is 14.2. The Bertz CT molecular complexity index is 606. The molecule has 0 bridgehead atoms. The van der Waals surface area contributed by atoms with Gasteiger partial charge in [-0.15, -0.1) is 0 Å². The standard InChI is InChI=1S/C15H20N2O2/c1-10(18)14-16-11-7-5-6-8-12(11)17(14)9-13(19)15(2,3)4/h5-8,10,18H,9H2,1-4H3/t10-/m0/s1. The average Bonchev–Trinajstić information content (AvgIpc) is 2.67. The summed E-state index contributed by atoms with van der Waals surface area (Å²) in [7, 11) is 0. The average molecular weight is 260 g/mol. The molecule has 0 fully saturated rings. The van der Waals surface area contributed by atoms with Gasteiger partial charge in [-0.3, -0.25) is 4.79 Å². The van der Waals surface area contributed by atoms with E-state index in [9.17, 15) is 9.90 Å².